The lowest BCUT2D eigenvalue weighted by Gasteiger charge is -2.24. The number of rotatable bonds is 8. The van der Waals surface area contributed by atoms with Gasteiger partial charge in [0.1, 0.15) is 12.1 Å². The van der Waals surface area contributed by atoms with Crippen molar-refractivity contribution in [2.75, 3.05) is 7.11 Å². The molecule has 9 nitrogen and oxygen atoms in total. The zero-order valence-corrected chi connectivity index (χ0v) is 15.1. The summed E-state index contributed by atoms with van der Waals surface area (Å²) in [5.74, 6) is -1.90. The van der Waals surface area contributed by atoms with Gasteiger partial charge in [-0.3, -0.25) is 19.7 Å². The quantitative estimate of drug-likeness (QED) is 0.401. The van der Waals surface area contributed by atoms with Gasteiger partial charge in [0.25, 0.3) is 5.69 Å². The van der Waals surface area contributed by atoms with E-state index in [1.807, 2.05) is 0 Å². The maximum Gasteiger partial charge on any atom is 0.328 e. The van der Waals surface area contributed by atoms with Crippen LogP contribution >= 0.6 is 0 Å². The predicted molar refractivity (Wildman–Crippen MR) is 93.2 cm³/mol. The summed E-state index contributed by atoms with van der Waals surface area (Å²) >= 11 is 0. The zero-order chi connectivity index (χ0) is 19.9. The molecule has 0 aliphatic heterocycles. The molecule has 0 bridgehead atoms. The topological polar surface area (TPSA) is 128 Å². The molecule has 0 unspecified atom stereocenters. The lowest BCUT2D eigenvalue weighted by Crippen LogP contribution is -2.54. The normalized spacial score (nSPS) is 12.8. The minimum atomic E-state index is -1.12. The molecule has 0 heterocycles. The molecular weight excluding hydrogens is 342 g/mol. The van der Waals surface area contributed by atoms with Crippen molar-refractivity contribution in [2.45, 2.75) is 39.3 Å². The molecule has 1 rings (SSSR count). The molecule has 1 aromatic carbocycles. The first kappa shape index (κ1) is 21.1. The second kappa shape index (κ2) is 9.50. The van der Waals surface area contributed by atoms with Gasteiger partial charge < -0.3 is 15.4 Å². The zero-order valence-electron chi connectivity index (χ0n) is 15.1. The van der Waals surface area contributed by atoms with E-state index in [-0.39, 0.29) is 29.5 Å². The molecule has 1 aromatic rings. The minimum Gasteiger partial charge on any atom is -0.467 e. The first-order valence-electron chi connectivity index (χ1n) is 8.05. The molecule has 142 valence electrons. The van der Waals surface area contributed by atoms with Crippen LogP contribution in [0.25, 0.3) is 0 Å². The Hall–Kier alpha value is -2.97. The molecule has 0 aromatic heterocycles. The average molecular weight is 365 g/mol. The van der Waals surface area contributed by atoms with Gasteiger partial charge in [0.15, 0.2) is 0 Å². The molecule has 0 aliphatic rings. The van der Waals surface area contributed by atoms with E-state index in [0.29, 0.717) is 0 Å². The van der Waals surface area contributed by atoms with E-state index in [1.54, 1.807) is 19.9 Å². The Kier molecular flexibility index (Phi) is 7.70. The van der Waals surface area contributed by atoms with Crippen molar-refractivity contribution in [3.8, 4) is 0 Å². The van der Waals surface area contributed by atoms with Gasteiger partial charge in [-0.05, 0) is 5.92 Å². The molecule has 26 heavy (non-hydrogen) atoms. The molecule has 0 aliphatic carbocycles. The molecule has 0 fully saturated rings. The summed E-state index contributed by atoms with van der Waals surface area (Å²) in [5, 5.41) is 16.2. The van der Waals surface area contributed by atoms with E-state index >= 15 is 0 Å². The number of ether oxygens (including phenoxy) is 1. The summed E-state index contributed by atoms with van der Waals surface area (Å²) in [6, 6.07) is 3.98. The van der Waals surface area contributed by atoms with Crippen molar-refractivity contribution in [2.24, 2.45) is 5.92 Å². The number of hydrogen-bond acceptors (Lipinski definition) is 6. The number of nitro groups is 1. The van der Waals surface area contributed by atoms with Crippen molar-refractivity contribution in [1.29, 1.82) is 0 Å². The van der Waals surface area contributed by atoms with Crippen molar-refractivity contribution >= 4 is 23.5 Å². The number of methoxy groups -OCH3 is 1. The fourth-order valence-corrected chi connectivity index (χ4v) is 2.43. The first-order valence-corrected chi connectivity index (χ1v) is 8.05. The molecule has 0 spiro atoms. The summed E-state index contributed by atoms with van der Waals surface area (Å²) in [7, 11) is 1.16. The van der Waals surface area contributed by atoms with Crippen molar-refractivity contribution in [3.63, 3.8) is 0 Å². The van der Waals surface area contributed by atoms with E-state index in [1.165, 1.54) is 25.1 Å². The molecule has 9 heteroatoms. The fourth-order valence-electron chi connectivity index (χ4n) is 2.43. The van der Waals surface area contributed by atoms with Crippen LogP contribution in [0.1, 0.15) is 26.3 Å². The highest BCUT2D eigenvalue weighted by Gasteiger charge is 2.30. The van der Waals surface area contributed by atoms with E-state index in [2.05, 4.69) is 10.6 Å². The SMILES string of the molecule is COC(=O)[C@@H](Cc1ccccc1[N+](=O)[O-])NC(=O)[C@H](NC(C)=O)C(C)C. The molecule has 0 radical (unpaired) electrons. The number of carbonyl (C=O) groups is 3. The first-order chi connectivity index (χ1) is 12.2. The number of nitro benzene ring substituents is 1. The Bertz CT molecular complexity index is 689. The number of benzene rings is 1. The van der Waals surface area contributed by atoms with E-state index in [4.69, 9.17) is 4.74 Å². The van der Waals surface area contributed by atoms with Gasteiger partial charge in [-0.25, -0.2) is 4.79 Å². The fraction of sp³-hybridized carbons (Fsp3) is 0.471. The highest BCUT2D eigenvalue weighted by Crippen LogP contribution is 2.19. The average Bonchev–Trinajstić information content (AvgIpc) is 2.58. The van der Waals surface area contributed by atoms with Crippen LogP contribution in [0.5, 0.6) is 0 Å². The highest BCUT2D eigenvalue weighted by atomic mass is 16.6. The van der Waals surface area contributed by atoms with Crippen molar-refractivity contribution in [3.05, 3.63) is 39.9 Å². The van der Waals surface area contributed by atoms with Gasteiger partial charge in [-0.2, -0.15) is 0 Å². The Labute approximate surface area is 151 Å². The maximum absolute atomic E-state index is 12.5. The molecule has 2 N–H and O–H groups in total. The number of nitrogens with zero attached hydrogens (tertiary/aromatic N) is 1. The van der Waals surface area contributed by atoms with E-state index in [0.717, 1.165) is 7.11 Å². The number of para-hydroxylation sites is 1. The van der Waals surface area contributed by atoms with Gasteiger partial charge in [0, 0.05) is 25.0 Å². The summed E-state index contributed by atoms with van der Waals surface area (Å²) in [6.07, 6.45) is -0.111. The summed E-state index contributed by atoms with van der Waals surface area (Å²) in [4.78, 5) is 46.4. The number of hydrogen-bond donors (Lipinski definition) is 2. The number of carbonyl (C=O) groups excluding carboxylic acids is 3. The van der Waals surface area contributed by atoms with Crippen LogP contribution in [-0.4, -0.2) is 41.9 Å². The van der Waals surface area contributed by atoms with Crippen molar-refractivity contribution < 1.29 is 24.0 Å². The van der Waals surface area contributed by atoms with Crippen molar-refractivity contribution in [1.82, 2.24) is 10.6 Å². The van der Waals surface area contributed by atoms with Gasteiger partial charge in [-0.15, -0.1) is 0 Å². The molecule has 0 saturated heterocycles. The number of nitrogens with one attached hydrogen (secondary N) is 2. The summed E-state index contributed by atoms with van der Waals surface area (Å²) in [5.41, 5.74) is 0.131. The van der Waals surface area contributed by atoms with Crippen LogP contribution in [0.3, 0.4) is 0 Å². The summed E-state index contributed by atoms with van der Waals surface area (Å²) < 4.78 is 4.70. The Morgan fingerprint density at radius 2 is 1.81 bits per heavy atom. The third-order valence-corrected chi connectivity index (χ3v) is 3.72. The third-order valence-electron chi connectivity index (χ3n) is 3.72. The monoisotopic (exact) mass is 365 g/mol. The smallest absolute Gasteiger partial charge is 0.328 e. The minimum absolute atomic E-state index is 0.111. The van der Waals surface area contributed by atoms with Crippen LogP contribution in [0, 0.1) is 16.0 Å². The van der Waals surface area contributed by atoms with E-state index in [9.17, 15) is 24.5 Å². The van der Waals surface area contributed by atoms with E-state index < -0.39 is 28.9 Å². The Morgan fingerprint density at radius 1 is 1.19 bits per heavy atom. The standard InChI is InChI=1S/C17H23N3O6/c1-10(2)15(18-11(3)21)16(22)19-13(17(23)26-4)9-12-7-5-6-8-14(12)20(24)25/h5-8,10,13,15H,9H2,1-4H3,(H,18,21)(H,19,22)/t13-,15-/m1/s1. The lowest BCUT2D eigenvalue weighted by molar-refractivity contribution is -0.385. The molecule has 2 atom stereocenters. The molecular formula is C17H23N3O6. The number of amides is 2. The Balaban J connectivity index is 3.05. The van der Waals surface area contributed by atoms with Gasteiger partial charge in [0.05, 0.1) is 12.0 Å². The lowest BCUT2D eigenvalue weighted by atomic mass is 10.0. The second-order valence-electron chi connectivity index (χ2n) is 6.10. The largest absolute Gasteiger partial charge is 0.467 e. The molecule has 2 amide bonds. The Morgan fingerprint density at radius 3 is 2.31 bits per heavy atom. The maximum atomic E-state index is 12.5. The predicted octanol–water partition coefficient (Wildman–Crippen LogP) is 0.956. The van der Waals surface area contributed by atoms with Crippen LogP contribution in [0.4, 0.5) is 5.69 Å². The van der Waals surface area contributed by atoms with Crippen LogP contribution < -0.4 is 10.6 Å². The highest BCUT2D eigenvalue weighted by molar-refractivity contribution is 5.90. The van der Waals surface area contributed by atoms with Gasteiger partial charge >= 0.3 is 5.97 Å². The molecule has 0 saturated carbocycles. The van der Waals surface area contributed by atoms with Crippen LogP contribution in [-0.2, 0) is 25.5 Å². The van der Waals surface area contributed by atoms with Gasteiger partial charge in [0.2, 0.25) is 11.8 Å². The van der Waals surface area contributed by atoms with Crippen LogP contribution in [0.15, 0.2) is 24.3 Å². The van der Waals surface area contributed by atoms with Crippen LogP contribution in [0.2, 0.25) is 0 Å². The number of esters is 1. The van der Waals surface area contributed by atoms with Gasteiger partial charge in [-0.1, -0.05) is 32.0 Å². The second-order valence-corrected chi connectivity index (χ2v) is 6.10. The summed E-state index contributed by atoms with van der Waals surface area (Å²) in [6.45, 7) is 4.78. The third kappa shape index (κ3) is 5.83.